The van der Waals surface area contributed by atoms with Crippen LogP contribution in [0.1, 0.15) is 39.5 Å². The van der Waals surface area contributed by atoms with Crippen molar-refractivity contribution in [1.82, 2.24) is 38.3 Å². The first-order valence-electron chi connectivity index (χ1n) is 13.8. The van der Waals surface area contributed by atoms with Crippen molar-refractivity contribution in [1.29, 1.82) is 0 Å². The van der Waals surface area contributed by atoms with E-state index in [0.717, 1.165) is 25.7 Å². The third-order valence-corrected chi connectivity index (χ3v) is 9.13. The Morgan fingerprint density at radius 2 is 1.82 bits per heavy atom. The van der Waals surface area contributed by atoms with Gasteiger partial charge in [0.25, 0.3) is 0 Å². The quantitative estimate of drug-likeness (QED) is 0.242. The van der Waals surface area contributed by atoms with Crippen molar-refractivity contribution >= 4 is 26.8 Å². The normalized spacial score (nSPS) is 15.4. The van der Waals surface area contributed by atoms with Gasteiger partial charge in [-0.2, -0.15) is 4.31 Å². The van der Waals surface area contributed by atoms with E-state index < -0.39 is 10.0 Å². The maximum Gasteiger partial charge on any atom is 0.336 e. The fraction of sp³-hybridized carbons (Fsp3) is 0.538. The van der Waals surface area contributed by atoms with E-state index in [1.807, 2.05) is 11.8 Å². The second-order valence-corrected chi connectivity index (χ2v) is 11.9. The van der Waals surface area contributed by atoms with Crippen LogP contribution >= 0.6 is 0 Å². The van der Waals surface area contributed by atoms with Crippen molar-refractivity contribution in [2.24, 2.45) is 0 Å². The zero-order valence-corrected chi connectivity index (χ0v) is 23.7. The first-order valence-corrected chi connectivity index (χ1v) is 15.3. The Morgan fingerprint density at radius 1 is 1.05 bits per heavy atom. The highest BCUT2D eigenvalue weighted by molar-refractivity contribution is 7.89. The predicted molar refractivity (Wildman–Crippen MR) is 150 cm³/mol. The monoisotopic (exact) mass is 572 g/mol. The number of rotatable bonds is 12. The van der Waals surface area contributed by atoms with Crippen LogP contribution in [0.25, 0.3) is 28.2 Å². The number of nitrogens with zero attached hydrogens (tertiary/aromatic N) is 7. The Balaban J connectivity index is 1.60. The molecule has 0 aliphatic carbocycles. The predicted octanol–water partition coefficient (Wildman–Crippen LogP) is 1.71. The number of sulfonamides is 1. The maximum absolute atomic E-state index is 13.7. The number of ether oxygens (including phenoxy) is 1. The molecule has 3 aromatic heterocycles. The number of aliphatic hydroxyl groups excluding tert-OH is 1. The van der Waals surface area contributed by atoms with Gasteiger partial charge in [-0.1, -0.05) is 26.7 Å². The highest BCUT2D eigenvalue weighted by Gasteiger charge is 2.30. The SMILES string of the molecule is CCCCOc1ccc(S(=O)(=O)N2CCN(CCO)CC2)cc1-c1nc2c([nH]1)c1nncn1c(=O)n2CCCC. The Bertz CT molecular complexity index is 1640. The summed E-state index contributed by atoms with van der Waals surface area (Å²) in [4.78, 5) is 23.4. The molecule has 4 heterocycles. The van der Waals surface area contributed by atoms with Crippen molar-refractivity contribution in [3.8, 4) is 17.1 Å². The minimum absolute atomic E-state index is 0.0422. The molecular weight excluding hydrogens is 536 g/mol. The zero-order chi connectivity index (χ0) is 28.3. The fourth-order valence-corrected chi connectivity index (χ4v) is 6.37. The van der Waals surface area contributed by atoms with Crippen LogP contribution in [0.2, 0.25) is 0 Å². The standard InChI is InChI=1S/C26H36N8O5S/c1-3-5-9-33-24-22(25-30-27-18-34(25)26(33)36)28-23(29-24)20-17-19(7-8-21(20)39-16-6-4-2)40(37,38)32-12-10-31(11-13-32)14-15-35/h7-8,17-18,35H,3-6,9-16H2,1-2H3,(H,28,29). The summed E-state index contributed by atoms with van der Waals surface area (Å²) in [5.41, 5.74) is 1.52. The number of aryl methyl sites for hydroxylation is 1. The van der Waals surface area contributed by atoms with Crippen LogP contribution in [0.5, 0.6) is 5.75 Å². The first-order chi connectivity index (χ1) is 19.4. The van der Waals surface area contributed by atoms with Gasteiger partial charge in [-0.15, -0.1) is 10.2 Å². The molecule has 1 saturated heterocycles. The van der Waals surface area contributed by atoms with Crippen molar-refractivity contribution in [3.05, 3.63) is 35.0 Å². The molecule has 0 bridgehead atoms. The van der Waals surface area contributed by atoms with Gasteiger partial charge >= 0.3 is 5.69 Å². The Kier molecular flexibility index (Phi) is 8.49. The van der Waals surface area contributed by atoms with Crippen LogP contribution < -0.4 is 10.4 Å². The lowest BCUT2D eigenvalue weighted by atomic mass is 10.2. The average Bonchev–Trinajstić information content (AvgIpc) is 3.62. The number of fused-ring (bicyclic) bond motifs is 3. The van der Waals surface area contributed by atoms with Crippen molar-refractivity contribution < 1.29 is 18.3 Å². The summed E-state index contributed by atoms with van der Waals surface area (Å²) in [6, 6.07) is 4.82. The van der Waals surface area contributed by atoms with Gasteiger partial charge in [-0.05, 0) is 31.0 Å². The minimum atomic E-state index is -3.79. The molecular formula is C26H36N8O5S. The summed E-state index contributed by atoms with van der Waals surface area (Å²) in [7, 11) is -3.79. The number of benzene rings is 1. The van der Waals surface area contributed by atoms with E-state index >= 15 is 0 Å². The molecule has 1 aromatic carbocycles. The van der Waals surface area contributed by atoms with Gasteiger partial charge < -0.3 is 14.8 Å². The van der Waals surface area contributed by atoms with Gasteiger partial charge in [0.1, 0.15) is 23.4 Å². The molecule has 13 nitrogen and oxygen atoms in total. The lowest BCUT2D eigenvalue weighted by molar-refractivity contribution is 0.151. The highest BCUT2D eigenvalue weighted by Crippen LogP contribution is 2.34. The molecule has 5 rings (SSSR count). The Morgan fingerprint density at radius 3 is 2.55 bits per heavy atom. The number of imidazole rings is 1. The molecule has 14 heteroatoms. The van der Waals surface area contributed by atoms with Crippen LogP contribution in [0.4, 0.5) is 0 Å². The number of aromatic nitrogens is 6. The lowest BCUT2D eigenvalue weighted by Crippen LogP contribution is -2.49. The average molecular weight is 573 g/mol. The molecule has 0 radical (unpaired) electrons. The van der Waals surface area contributed by atoms with E-state index in [-0.39, 0.29) is 17.2 Å². The molecule has 1 aliphatic heterocycles. The summed E-state index contributed by atoms with van der Waals surface area (Å²) >= 11 is 0. The van der Waals surface area contributed by atoms with Crippen molar-refractivity contribution in [2.75, 3.05) is 45.9 Å². The highest BCUT2D eigenvalue weighted by atomic mass is 32.2. The summed E-state index contributed by atoms with van der Waals surface area (Å²) in [5.74, 6) is 0.881. The van der Waals surface area contributed by atoms with Gasteiger partial charge in [0.05, 0.1) is 23.7 Å². The number of hydrogen-bond donors (Lipinski definition) is 2. The van der Waals surface area contributed by atoms with Gasteiger partial charge in [-0.25, -0.2) is 22.6 Å². The van der Waals surface area contributed by atoms with E-state index in [2.05, 4.69) is 22.1 Å². The van der Waals surface area contributed by atoms with E-state index in [9.17, 15) is 18.3 Å². The largest absolute Gasteiger partial charge is 0.493 e. The van der Waals surface area contributed by atoms with Gasteiger partial charge in [0.2, 0.25) is 10.0 Å². The molecule has 4 aromatic rings. The molecule has 2 N–H and O–H groups in total. The molecule has 216 valence electrons. The number of H-pyrrole nitrogens is 1. The van der Waals surface area contributed by atoms with Crippen molar-refractivity contribution in [2.45, 2.75) is 51.0 Å². The van der Waals surface area contributed by atoms with Crippen LogP contribution in [-0.4, -0.2) is 97.8 Å². The summed E-state index contributed by atoms with van der Waals surface area (Å²) < 4.78 is 37.8. The summed E-state index contributed by atoms with van der Waals surface area (Å²) in [5, 5.41) is 17.3. The molecule has 40 heavy (non-hydrogen) atoms. The number of aromatic amines is 1. The van der Waals surface area contributed by atoms with Crippen LogP contribution in [0.3, 0.4) is 0 Å². The van der Waals surface area contributed by atoms with Gasteiger partial charge in [0, 0.05) is 39.3 Å². The van der Waals surface area contributed by atoms with Crippen LogP contribution in [-0.2, 0) is 16.6 Å². The smallest absolute Gasteiger partial charge is 0.336 e. The van der Waals surface area contributed by atoms with Crippen molar-refractivity contribution in [3.63, 3.8) is 0 Å². The van der Waals surface area contributed by atoms with Crippen LogP contribution in [0.15, 0.2) is 34.2 Å². The second-order valence-electron chi connectivity index (χ2n) is 9.93. The molecule has 0 unspecified atom stereocenters. The zero-order valence-electron chi connectivity index (χ0n) is 22.9. The van der Waals surface area contributed by atoms with E-state index in [1.165, 1.54) is 15.0 Å². The van der Waals surface area contributed by atoms with Gasteiger partial charge in [-0.3, -0.25) is 9.47 Å². The molecule has 1 aliphatic rings. The van der Waals surface area contributed by atoms with Gasteiger partial charge in [0.15, 0.2) is 11.3 Å². The van der Waals surface area contributed by atoms with E-state index in [0.29, 0.717) is 79.8 Å². The molecule has 0 amide bonds. The maximum atomic E-state index is 13.7. The number of unbranched alkanes of at least 4 members (excludes halogenated alkanes) is 2. The number of hydrogen-bond acceptors (Lipinski definition) is 9. The third-order valence-electron chi connectivity index (χ3n) is 7.23. The Labute approximate surface area is 232 Å². The molecule has 0 atom stereocenters. The van der Waals surface area contributed by atoms with E-state index in [1.54, 1.807) is 22.8 Å². The minimum Gasteiger partial charge on any atom is -0.493 e. The van der Waals surface area contributed by atoms with E-state index in [4.69, 9.17) is 9.72 Å². The molecule has 1 fully saturated rings. The number of aliphatic hydroxyl groups is 1. The lowest BCUT2D eigenvalue weighted by Gasteiger charge is -2.33. The number of piperazine rings is 1. The molecule has 0 spiro atoms. The third kappa shape index (κ3) is 5.36. The number of nitrogens with one attached hydrogen (secondary N) is 1. The second kappa shape index (κ2) is 12.0. The fourth-order valence-electron chi connectivity index (χ4n) is 4.92. The molecule has 0 saturated carbocycles. The first kappa shape index (κ1) is 28.2. The topological polar surface area (TPSA) is 151 Å². The number of β-amino-alcohol motifs (C(OH)–C–C–N with tert-alkyl or cyclic N) is 1. The van der Waals surface area contributed by atoms with Crippen LogP contribution in [0, 0.1) is 0 Å². The Hall–Kier alpha value is -3.33. The summed E-state index contributed by atoms with van der Waals surface area (Å²) in [6.07, 6.45) is 4.86. The summed E-state index contributed by atoms with van der Waals surface area (Å²) in [6.45, 7) is 7.41.